The summed E-state index contributed by atoms with van der Waals surface area (Å²) in [5.41, 5.74) is 3.87. The normalized spacial score (nSPS) is 18.0. The Hall–Kier alpha value is -2.16. The second-order valence-electron chi connectivity index (χ2n) is 33.5. The molecule has 0 spiro atoms. The summed E-state index contributed by atoms with van der Waals surface area (Å²) in [5, 5.41) is 30.3. The van der Waals surface area contributed by atoms with Gasteiger partial charge in [0, 0.05) is 159 Å². The summed E-state index contributed by atoms with van der Waals surface area (Å²) >= 11 is 62.5. The Morgan fingerprint density at radius 2 is 0.500 bits per heavy atom. The van der Waals surface area contributed by atoms with Crippen molar-refractivity contribution in [2.45, 2.75) is 216 Å². The number of rotatable bonds is 60. The van der Waals surface area contributed by atoms with E-state index < -0.39 is 214 Å². The molecular formula is C82H156F8N16O16S16. The average Bonchev–Trinajstić information content (AvgIpc) is 0.827. The first kappa shape index (κ1) is 151. The van der Waals surface area contributed by atoms with E-state index in [1.165, 1.54) is 21.1 Å². The van der Waals surface area contributed by atoms with Crippen molar-refractivity contribution >= 4 is 296 Å². The monoisotopic (exact) mass is 2280 g/mol. The van der Waals surface area contributed by atoms with E-state index in [9.17, 15) is 112 Å². The van der Waals surface area contributed by atoms with Crippen molar-refractivity contribution in [1.29, 1.82) is 0 Å². The number of hydrogen-bond acceptors (Lipinski definition) is 40. The number of carbonyl (C=O) groups excluding carboxylic acids is 16. The number of nitrogens with one attached hydrogen (secondary N) is 12. The van der Waals surface area contributed by atoms with Gasteiger partial charge in [0.1, 0.15) is 0 Å². The van der Waals surface area contributed by atoms with Crippen LogP contribution in [0.1, 0.15) is 148 Å². The topological polar surface area (TPSA) is 522 Å². The lowest BCUT2D eigenvalue weighted by molar-refractivity contribution is -0.141. The van der Waals surface area contributed by atoms with E-state index in [1.807, 2.05) is 34.6 Å². The molecule has 0 fully saturated rings. The van der Waals surface area contributed by atoms with E-state index in [0.29, 0.717) is 54.2 Å². The van der Waals surface area contributed by atoms with Gasteiger partial charge in [-0.3, -0.25) is 98.4 Å². The third kappa shape index (κ3) is 49.8. The summed E-state index contributed by atoms with van der Waals surface area (Å²) in [6.45, 7) is 26.9. The molecule has 0 radical (unpaired) electrons. The van der Waals surface area contributed by atoms with E-state index in [-0.39, 0.29) is 97.7 Å². The van der Waals surface area contributed by atoms with E-state index >= 15 is 0 Å². The van der Waals surface area contributed by atoms with Crippen LogP contribution in [0.3, 0.4) is 0 Å². The number of hydrogen-bond donors (Lipinski definition) is 32. The van der Waals surface area contributed by atoms with Gasteiger partial charge in [-0.1, -0.05) is 27.7 Å². The average molecular weight is 2290 g/mol. The third-order valence-corrected chi connectivity index (χ3v) is 30.4. The maximum absolute atomic E-state index is 14.3. The molecule has 56 heteroatoms. The zero-order valence-electron chi connectivity index (χ0n) is 82.2. The number of amides is 8. The number of alkyl halides is 8. The number of halogens is 8. The van der Waals surface area contributed by atoms with Crippen molar-refractivity contribution in [3.63, 3.8) is 0 Å². The fourth-order valence-electron chi connectivity index (χ4n) is 10.3. The molecule has 16 atom stereocenters. The Bertz CT molecular complexity index is 3610. The smallest absolute Gasteiger partial charge is 0.259 e. The summed E-state index contributed by atoms with van der Waals surface area (Å²) < 4.78 is 111. The first-order valence-corrected chi connectivity index (χ1v) is 52.8. The fourth-order valence-corrected chi connectivity index (χ4v) is 14.6. The minimum absolute atomic E-state index is 0.000602. The largest absolute Gasteiger partial charge is 0.369 e. The number of primary amides is 2. The van der Waals surface area contributed by atoms with Crippen LogP contribution in [0.4, 0.5) is 35.1 Å². The van der Waals surface area contributed by atoms with Crippen LogP contribution >= 0.6 is 202 Å². The van der Waals surface area contributed by atoms with Gasteiger partial charge < -0.3 is 65.1 Å². The van der Waals surface area contributed by atoms with Gasteiger partial charge in [0.25, 0.3) is 23.6 Å². The molecule has 0 saturated heterocycles. The maximum Gasteiger partial charge on any atom is 0.259 e. The Balaban J connectivity index is -0.000000234. The predicted octanol–water partition coefficient (Wildman–Crippen LogP) is 4.02. The van der Waals surface area contributed by atoms with Crippen LogP contribution in [0.25, 0.3) is 0 Å². The minimum atomic E-state index is -2.77. The fraction of sp³-hybridized carbons (Fsp3) is 0.805. The summed E-state index contributed by atoms with van der Waals surface area (Å²) in [7, 11) is 8.52. The second-order valence-corrected chi connectivity index (χ2v) is 38.6. The summed E-state index contributed by atoms with van der Waals surface area (Å²) in [4.78, 5) is 187. The number of likely N-dealkylation sites (N-methyl/N-ethyl adjacent to an activating group) is 6. The van der Waals surface area contributed by atoms with Gasteiger partial charge in [0.15, 0.2) is 46.3 Å². The molecule has 0 aliphatic carbocycles. The van der Waals surface area contributed by atoms with E-state index in [4.69, 9.17) is 22.9 Å². The lowest BCUT2D eigenvalue weighted by atomic mass is 9.81. The molecule has 20 N–H and O–H groups in total. The van der Waals surface area contributed by atoms with Gasteiger partial charge in [-0.05, 0) is 110 Å². The first-order chi connectivity index (χ1) is 63.1. The van der Waals surface area contributed by atoms with Crippen LogP contribution in [0, 0.1) is 21.7 Å². The molecule has 138 heavy (non-hydrogen) atoms. The van der Waals surface area contributed by atoms with Crippen molar-refractivity contribution < 1.29 is 112 Å². The first-order valence-electron chi connectivity index (χ1n) is 42.7. The van der Waals surface area contributed by atoms with Gasteiger partial charge in [0.2, 0.25) is 69.5 Å². The van der Waals surface area contributed by atoms with Gasteiger partial charge in [-0.25, -0.2) is 35.1 Å². The molecule has 812 valence electrons. The predicted molar refractivity (Wildman–Crippen MR) is 589 cm³/mol. The zero-order valence-corrected chi connectivity index (χ0v) is 96.5. The van der Waals surface area contributed by atoms with Gasteiger partial charge in [-0.2, -0.15) is 202 Å². The van der Waals surface area contributed by atoms with E-state index in [0.717, 1.165) is 0 Å². The maximum atomic E-state index is 14.3. The Morgan fingerprint density at radius 3 is 0.717 bits per heavy atom. The quantitative estimate of drug-likeness (QED) is 0.0232. The number of nitrogens with two attached hydrogens (primary N) is 4. The molecule has 0 unspecified atom stereocenters. The molecule has 8 amide bonds. The molecule has 0 aliphatic heterocycles. The van der Waals surface area contributed by atoms with Crippen molar-refractivity contribution in [2.75, 3.05) is 174 Å². The van der Waals surface area contributed by atoms with Crippen LogP contribution < -0.4 is 86.7 Å². The third-order valence-electron chi connectivity index (χ3n) is 21.3. The molecule has 0 aromatic heterocycles. The van der Waals surface area contributed by atoms with Gasteiger partial charge in [-0.15, -0.1) is 0 Å². The summed E-state index contributed by atoms with van der Waals surface area (Å²) in [6.07, 6.45) is -3.25. The molecule has 0 aromatic carbocycles. The van der Waals surface area contributed by atoms with Crippen LogP contribution in [0.15, 0.2) is 0 Å². The number of carbonyl (C=O) groups is 16. The number of thiol groups is 16. The van der Waals surface area contributed by atoms with Gasteiger partial charge >= 0.3 is 0 Å². The highest BCUT2D eigenvalue weighted by atomic mass is 32.1. The van der Waals surface area contributed by atoms with Gasteiger partial charge in [0.05, 0.1) is 69.5 Å². The van der Waals surface area contributed by atoms with Crippen molar-refractivity contribution in [2.24, 2.45) is 44.6 Å². The minimum Gasteiger partial charge on any atom is -0.369 e. The SMILES string of the molecule is CCNC(=O)[C@](C)(CS)CC(=O)[C@@](C)(CS)NCC.CCNC(=O)[C@](F)(CS)CC(=O)[C@@](F)(CS)NCC.CCN[C@](C)(CS)C(=O)C[C@@](C)(CS)C(=O)NC.CCN[C@](F)(CS)C(=O)C[C@@](F)(CS)C(=O)NC.CNC(=O)[C@](C)(CS)CC(=O)[C@@](C)(CS)NC.CNC(=O)[C@](F)(CS)CC(=O)[C@@](F)(CS)NC.C[C@@](CS)(CC(=O)[C@](C)(N)CS)C(N)=O.NC(=O)[C@](F)(CS)CC(=O)[C@@](N)(F)CS. The van der Waals surface area contributed by atoms with Crippen LogP contribution in [0.2, 0.25) is 0 Å². The number of ketones is 8. The molecule has 0 bridgehead atoms. The van der Waals surface area contributed by atoms with Crippen LogP contribution in [-0.4, -0.2) is 335 Å². The highest BCUT2D eigenvalue weighted by molar-refractivity contribution is 7.82. The highest BCUT2D eigenvalue weighted by Gasteiger charge is 2.51. The summed E-state index contributed by atoms with van der Waals surface area (Å²) in [6, 6.07) is 0. The van der Waals surface area contributed by atoms with Crippen molar-refractivity contribution in [3.8, 4) is 0 Å². The number of Topliss-reactive ketones (excluding diaryl/α,β-unsaturated/α-hetero) is 8. The lowest BCUT2D eigenvalue weighted by Gasteiger charge is -2.32. The molecule has 0 aliphatic rings. The van der Waals surface area contributed by atoms with Crippen molar-refractivity contribution in [1.82, 2.24) is 63.8 Å². The molecule has 0 aromatic rings. The Labute approximate surface area is 898 Å². The summed E-state index contributed by atoms with van der Waals surface area (Å²) in [5.74, 6) is -21.6. The molecule has 32 nitrogen and oxygen atoms in total. The second kappa shape index (κ2) is 71.5. The van der Waals surface area contributed by atoms with Crippen LogP contribution in [0.5, 0.6) is 0 Å². The lowest BCUT2D eigenvalue weighted by Crippen LogP contribution is -2.54. The standard InChI is InChI=1S/C13H26N2O2S2.C12H24N2O2S2.C11H20F2N2O2S2.C11H22N2O2S2.C10H18F2N2O2S2.C9H16F2N2O2S2.C9H18N2O2S2.C7H12F2N2O2S2/c1-5-14-11(17)12(3,8-18)7-10(16)13(4,9-19)15-6-2;1-5-14-12(3,8-18)9(15)6-11(2,7-17)10(16)13-4;1-3-14-9(17)10(12,6-18)5-8(16)11(13,7-19)15-4-2;1-10(6-16,9(15)12-3)5-8(14)11(2,7-17)13-4;1-3-14-10(12,6-18)7(15)4-9(11,5-17)8(16)13-2;1-12-7(15)8(10,4-16)3-6(14)9(11,5-17)13-2;1-8(4-14,7(10)13)3-6(12)9(2,11)5-15;8-6(2-14,5(10)13)1-4(12)7(9,11)3-15/h15,18-19H,5-9H2,1-4H3,(H,14,17);14,17-18H,5-8H2,1-4H3,(H,13,16);15,18-19H,3-7H2,1-2H3,(H,14,17);13,16-17H,5-7H2,1-4H3,(H,12,15);14,17-18H,3-6H2,1-2H3,(H,13,16);13,16-17H,3-5H2,1-2H3,(H,12,15);14-15H,3-5,11H2,1-2H3,(H2,10,13);14-15H,1-3,11H2,(H2,10,13)/t12-,13+;11-,12+;10-,11-;10-,11+;9-,10-;8-,9-;8-,9+;6-,7-/m00101101/s1. The Morgan fingerprint density at radius 1 is 0.239 bits per heavy atom. The molecule has 0 heterocycles. The highest BCUT2D eigenvalue weighted by Crippen LogP contribution is 2.34. The molecular weight excluding hydrogens is 2130 g/mol. The van der Waals surface area contributed by atoms with E-state index in [2.05, 4.69) is 266 Å². The zero-order chi connectivity index (χ0) is 111. The van der Waals surface area contributed by atoms with Crippen molar-refractivity contribution in [3.05, 3.63) is 0 Å². The molecule has 0 rings (SSSR count). The molecule has 0 saturated carbocycles. The van der Waals surface area contributed by atoms with E-state index in [1.54, 1.807) is 83.5 Å². The van der Waals surface area contributed by atoms with Crippen LogP contribution in [-0.2, 0) is 76.7 Å². The Kier molecular flexibility index (Phi) is 78.3.